The topological polar surface area (TPSA) is 108 Å². The molecular formula is C22H23N3O6. The predicted octanol–water partition coefficient (Wildman–Crippen LogP) is 1.72. The molecule has 0 aromatic heterocycles. The number of ketones is 1. The van der Waals surface area contributed by atoms with Crippen LogP contribution in [0.1, 0.15) is 27.6 Å². The van der Waals surface area contributed by atoms with Gasteiger partial charge in [-0.3, -0.25) is 19.3 Å². The largest absolute Gasteiger partial charge is 0.507 e. The van der Waals surface area contributed by atoms with Crippen LogP contribution in [0.3, 0.4) is 0 Å². The van der Waals surface area contributed by atoms with Crippen molar-refractivity contribution in [2.24, 2.45) is 0 Å². The van der Waals surface area contributed by atoms with Crippen molar-refractivity contribution < 1.29 is 29.0 Å². The van der Waals surface area contributed by atoms with Gasteiger partial charge in [0.15, 0.2) is 17.3 Å². The number of hydrogen-bond acceptors (Lipinski definition) is 7. The Bertz CT molecular complexity index is 1030. The lowest BCUT2D eigenvalue weighted by molar-refractivity contribution is -0.117. The predicted molar refractivity (Wildman–Crippen MR) is 112 cm³/mol. The van der Waals surface area contributed by atoms with Gasteiger partial charge in [0.05, 0.1) is 17.8 Å². The van der Waals surface area contributed by atoms with Crippen molar-refractivity contribution in [2.45, 2.75) is 6.92 Å². The van der Waals surface area contributed by atoms with Crippen molar-refractivity contribution in [3.63, 3.8) is 0 Å². The number of piperazine rings is 1. The average Bonchev–Trinajstić information content (AvgIpc) is 3.21. The fourth-order valence-corrected chi connectivity index (χ4v) is 3.66. The molecule has 9 heteroatoms. The van der Waals surface area contributed by atoms with Crippen molar-refractivity contribution in [1.29, 1.82) is 0 Å². The number of phenolic OH excluding ortho intramolecular Hbond substituents is 1. The Balaban J connectivity index is 1.34. The highest BCUT2D eigenvalue weighted by atomic mass is 16.7. The Morgan fingerprint density at radius 2 is 1.68 bits per heavy atom. The van der Waals surface area contributed by atoms with Gasteiger partial charge < -0.3 is 24.8 Å². The van der Waals surface area contributed by atoms with Crippen LogP contribution in [0.25, 0.3) is 0 Å². The third-order valence-corrected chi connectivity index (χ3v) is 5.33. The van der Waals surface area contributed by atoms with Gasteiger partial charge in [0.1, 0.15) is 5.75 Å². The Labute approximate surface area is 179 Å². The van der Waals surface area contributed by atoms with E-state index in [1.165, 1.54) is 13.0 Å². The van der Waals surface area contributed by atoms with Gasteiger partial charge in [-0.2, -0.15) is 0 Å². The molecule has 2 aliphatic heterocycles. The van der Waals surface area contributed by atoms with Gasteiger partial charge in [0, 0.05) is 37.8 Å². The second kappa shape index (κ2) is 8.65. The number of aromatic hydroxyl groups is 1. The van der Waals surface area contributed by atoms with E-state index in [-0.39, 0.29) is 42.2 Å². The summed E-state index contributed by atoms with van der Waals surface area (Å²) in [6.45, 7) is 3.57. The lowest BCUT2D eigenvalue weighted by atomic mass is 10.1. The number of carbonyl (C=O) groups excluding carboxylic acids is 3. The van der Waals surface area contributed by atoms with Crippen LogP contribution >= 0.6 is 0 Å². The third-order valence-electron chi connectivity index (χ3n) is 5.33. The number of anilines is 1. The third kappa shape index (κ3) is 4.46. The molecule has 0 bridgehead atoms. The summed E-state index contributed by atoms with van der Waals surface area (Å²) in [5.74, 6) is 0.240. The fraction of sp³-hybridized carbons (Fsp3) is 0.318. The standard InChI is InChI=1S/C22H23N3O6/c1-14(26)16-10-19-20(31-13-30-19)11-17(16)23-21(28)12-24-6-8-25(9-7-24)22(29)15-4-2-3-5-18(15)27/h2-5,10-11,27H,6-9,12-13H2,1H3,(H,23,28). The second-order valence-electron chi connectivity index (χ2n) is 7.44. The normalized spacial score (nSPS) is 15.6. The molecule has 0 saturated carbocycles. The minimum Gasteiger partial charge on any atom is -0.507 e. The molecule has 0 spiro atoms. The van der Waals surface area contributed by atoms with Gasteiger partial charge in [-0.05, 0) is 25.1 Å². The molecule has 9 nitrogen and oxygen atoms in total. The molecule has 162 valence electrons. The molecule has 0 atom stereocenters. The zero-order valence-corrected chi connectivity index (χ0v) is 17.1. The summed E-state index contributed by atoms with van der Waals surface area (Å²) in [5, 5.41) is 12.7. The summed E-state index contributed by atoms with van der Waals surface area (Å²) in [5.41, 5.74) is 1.01. The molecule has 1 saturated heterocycles. The maximum atomic E-state index is 12.6. The molecule has 4 rings (SSSR count). The highest BCUT2D eigenvalue weighted by Gasteiger charge is 2.25. The van der Waals surface area contributed by atoms with Gasteiger partial charge in [0.25, 0.3) is 5.91 Å². The van der Waals surface area contributed by atoms with E-state index in [9.17, 15) is 19.5 Å². The number of phenols is 1. The van der Waals surface area contributed by atoms with Crippen LogP contribution in [0, 0.1) is 0 Å². The minimum absolute atomic E-state index is 0.0423. The molecule has 1 fully saturated rings. The zero-order chi connectivity index (χ0) is 22.0. The van der Waals surface area contributed by atoms with Crippen LogP contribution in [0.5, 0.6) is 17.2 Å². The van der Waals surface area contributed by atoms with Crippen molar-refractivity contribution in [1.82, 2.24) is 9.80 Å². The molecule has 2 aromatic carbocycles. The van der Waals surface area contributed by atoms with E-state index in [0.29, 0.717) is 48.9 Å². The summed E-state index contributed by atoms with van der Waals surface area (Å²) < 4.78 is 10.6. The average molecular weight is 425 g/mol. The summed E-state index contributed by atoms with van der Waals surface area (Å²) in [7, 11) is 0. The van der Waals surface area contributed by atoms with E-state index in [0.717, 1.165) is 0 Å². The summed E-state index contributed by atoms with van der Waals surface area (Å²) in [6, 6.07) is 9.62. The first-order chi connectivity index (χ1) is 14.9. The smallest absolute Gasteiger partial charge is 0.257 e. The number of amides is 2. The second-order valence-corrected chi connectivity index (χ2v) is 7.44. The van der Waals surface area contributed by atoms with E-state index in [4.69, 9.17) is 9.47 Å². The number of carbonyl (C=O) groups is 3. The van der Waals surface area contributed by atoms with Crippen LogP contribution in [-0.2, 0) is 4.79 Å². The lowest BCUT2D eigenvalue weighted by Crippen LogP contribution is -2.50. The number of hydrogen-bond donors (Lipinski definition) is 2. The number of ether oxygens (including phenoxy) is 2. The molecule has 2 heterocycles. The van der Waals surface area contributed by atoms with E-state index < -0.39 is 0 Å². The molecule has 2 aromatic rings. The number of para-hydroxylation sites is 1. The lowest BCUT2D eigenvalue weighted by Gasteiger charge is -2.34. The number of benzene rings is 2. The van der Waals surface area contributed by atoms with Gasteiger partial charge in [-0.15, -0.1) is 0 Å². The first-order valence-electron chi connectivity index (χ1n) is 9.96. The van der Waals surface area contributed by atoms with Crippen molar-refractivity contribution in [2.75, 3.05) is 44.8 Å². The Kier molecular flexibility index (Phi) is 5.77. The van der Waals surface area contributed by atoms with Crippen LogP contribution in [0.4, 0.5) is 5.69 Å². The first kappa shape index (κ1) is 20.7. The Hall–Kier alpha value is -3.59. The quantitative estimate of drug-likeness (QED) is 0.702. The molecule has 2 amide bonds. The maximum Gasteiger partial charge on any atom is 0.257 e. The van der Waals surface area contributed by atoms with Crippen LogP contribution in [0.15, 0.2) is 36.4 Å². The van der Waals surface area contributed by atoms with Crippen molar-refractivity contribution >= 4 is 23.3 Å². The summed E-state index contributed by atoms with van der Waals surface area (Å²) in [6.07, 6.45) is 0. The first-order valence-corrected chi connectivity index (χ1v) is 9.96. The Morgan fingerprint density at radius 3 is 2.35 bits per heavy atom. The molecule has 0 radical (unpaired) electrons. The molecular weight excluding hydrogens is 402 g/mol. The van der Waals surface area contributed by atoms with Crippen molar-refractivity contribution in [3.05, 3.63) is 47.5 Å². The molecule has 2 aliphatic rings. The molecule has 2 N–H and O–H groups in total. The SMILES string of the molecule is CC(=O)c1cc2c(cc1NC(=O)CN1CCN(C(=O)c3ccccc3O)CC1)OCO2. The highest BCUT2D eigenvalue weighted by molar-refractivity contribution is 6.05. The van der Waals surface area contributed by atoms with Gasteiger partial charge in [-0.25, -0.2) is 0 Å². The van der Waals surface area contributed by atoms with E-state index in [2.05, 4.69) is 5.32 Å². The molecule has 0 unspecified atom stereocenters. The number of rotatable bonds is 5. The van der Waals surface area contributed by atoms with E-state index >= 15 is 0 Å². The highest BCUT2D eigenvalue weighted by Crippen LogP contribution is 2.37. The monoisotopic (exact) mass is 425 g/mol. The van der Waals surface area contributed by atoms with Crippen molar-refractivity contribution in [3.8, 4) is 17.2 Å². The van der Waals surface area contributed by atoms with E-state index in [1.54, 1.807) is 35.2 Å². The van der Waals surface area contributed by atoms with Crippen LogP contribution in [0.2, 0.25) is 0 Å². The Morgan fingerprint density at radius 1 is 1.00 bits per heavy atom. The summed E-state index contributed by atoms with van der Waals surface area (Å²) >= 11 is 0. The maximum absolute atomic E-state index is 12.6. The number of nitrogens with one attached hydrogen (secondary N) is 1. The summed E-state index contributed by atoms with van der Waals surface area (Å²) in [4.78, 5) is 40.7. The number of Topliss-reactive ketones (excluding diaryl/α,β-unsaturated/α-hetero) is 1. The minimum atomic E-state index is -0.262. The fourth-order valence-electron chi connectivity index (χ4n) is 3.66. The van der Waals surface area contributed by atoms with Crippen LogP contribution in [-0.4, -0.2) is 72.0 Å². The molecule has 31 heavy (non-hydrogen) atoms. The van der Waals surface area contributed by atoms with Gasteiger partial charge in [-0.1, -0.05) is 12.1 Å². The van der Waals surface area contributed by atoms with Gasteiger partial charge in [0.2, 0.25) is 12.7 Å². The molecule has 0 aliphatic carbocycles. The van der Waals surface area contributed by atoms with E-state index in [1.807, 2.05) is 4.90 Å². The number of nitrogens with zero attached hydrogens (tertiary/aromatic N) is 2. The number of fused-ring (bicyclic) bond motifs is 1. The zero-order valence-electron chi connectivity index (χ0n) is 17.1. The van der Waals surface area contributed by atoms with Crippen LogP contribution < -0.4 is 14.8 Å². The van der Waals surface area contributed by atoms with Gasteiger partial charge >= 0.3 is 0 Å².